The van der Waals surface area contributed by atoms with Gasteiger partial charge < -0.3 is 0 Å². The summed E-state index contributed by atoms with van der Waals surface area (Å²) < 4.78 is 0.751. The number of Topliss-reactive ketones (excluding diaryl/α,β-unsaturated/α-hetero) is 1. The Morgan fingerprint density at radius 1 is 1.38 bits per heavy atom. The lowest BCUT2D eigenvalue weighted by Crippen LogP contribution is -1.93. The van der Waals surface area contributed by atoms with Crippen LogP contribution in [-0.4, -0.2) is 21.2 Å². The Labute approximate surface area is 82.5 Å². The molecule has 1 aromatic carbocycles. The second kappa shape index (κ2) is 2.92. The first kappa shape index (κ1) is 8.37. The highest BCUT2D eigenvalue weighted by Crippen LogP contribution is 2.22. The number of hydrogen-bond acceptors (Lipinski definition) is 3. The van der Waals surface area contributed by atoms with Crippen LogP contribution in [0, 0.1) is 0 Å². The van der Waals surface area contributed by atoms with E-state index in [0.717, 1.165) is 9.99 Å². The first-order valence-corrected chi connectivity index (χ1v) is 4.49. The van der Waals surface area contributed by atoms with E-state index in [1.54, 1.807) is 12.1 Å². The molecule has 13 heavy (non-hydrogen) atoms. The Morgan fingerprint density at radius 3 is 2.62 bits per heavy atom. The quantitative estimate of drug-likeness (QED) is 0.774. The summed E-state index contributed by atoms with van der Waals surface area (Å²) in [5.74, 6) is 0.0109. The molecule has 0 saturated carbocycles. The number of nitrogens with zero attached hydrogens (tertiary/aromatic N) is 2. The number of H-pyrrole nitrogens is 1. The van der Waals surface area contributed by atoms with E-state index in [1.165, 1.54) is 6.92 Å². The predicted molar refractivity (Wildman–Crippen MR) is 51.6 cm³/mol. The zero-order valence-electron chi connectivity index (χ0n) is 6.84. The molecular weight excluding hydrogens is 234 g/mol. The summed E-state index contributed by atoms with van der Waals surface area (Å²) in [5, 5.41) is 10.3. The zero-order chi connectivity index (χ0) is 9.42. The van der Waals surface area contributed by atoms with E-state index in [-0.39, 0.29) is 5.78 Å². The highest BCUT2D eigenvalue weighted by molar-refractivity contribution is 9.10. The Balaban J connectivity index is 2.76. The summed E-state index contributed by atoms with van der Waals surface area (Å²) in [7, 11) is 0. The van der Waals surface area contributed by atoms with Gasteiger partial charge in [0.05, 0.1) is 0 Å². The Morgan fingerprint density at radius 2 is 2.00 bits per heavy atom. The summed E-state index contributed by atoms with van der Waals surface area (Å²) in [6.07, 6.45) is 0. The van der Waals surface area contributed by atoms with E-state index >= 15 is 0 Å². The monoisotopic (exact) mass is 239 g/mol. The van der Waals surface area contributed by atoms with Crippen LogP contribution >= 0.6 is 15.9 Å². The molecule has 0 saturated heterocycles. The third-order valence-corrected chi connectivity index (χ3v) is 2.44. The molecule has 0 aliphatic carbocycles. The van der Waals surface area contributed by atoms with E-state index in [2.05, 4.69) is 31.3 Å². The lowest BCUT2D eigenvalue weighted by Gasteiger charge is -1.97. The smallest absolute Gasteiger partial charge is 0.161 e. The molecule has 66 valence electrons. The molecule has 0 fully saturated rings. The molecule has 0 spiro atoms. The van der Waals surface area contributed by atoms with Crippen LogP contribution in [0.5, 0.6) is 0 Å². The Bertz CT molecular complexity index is 477. The molecule has 0 bridgehead atoms. The van der Waals surface area contributed by atoms with Crippen molar-refractivity contribution in [1.29, 1.82) is 0 Å². The summed E-state index contributed by atoms with van der Waals surface area (Å²) in [6, 6.07) is 3.49. The van der Waals surface area contributed by atoms with Crippen LogP contribution in [0.3, 0.4) is 0 Å². The van der Waals surface area contributed by atoms with Gasteiger partial charge in [-0.15, -0.1) is 0 Å². The van der Waals surface area contributed by atoms with E-state index in [9.17, 15) is 4.79 Å². The molecule has 4 nitrogen and oxygen atoms in total. The average Bonchev–Trinajstić information content (AvgIpc) is 2.48. The number of nitrogens with one attached hydrogen (secondary N) is 1. The van der Waals surface area contributed by atoms with E-state index in [0.29, 0.717) is 11.1 Å². The van der Waals surface area contributed by atoms with Crippen LogP contribution < -0.4 is 0 Å². The zero-order valence-corrected chi connectivity index (χ0v) is 8.42. The number of benzene rings is 1. The van der Waals surface area contributed by atoms with Gasteiger partial charge in [0.1, 0.15) is 11.0 Å². The molecule has 0 atom stereocenters. The second-order valence-electron chi connectivity index (χ2n) is 2.70. The van der Waals surface area contributed by atoms with Crippen molar-refractivity contribution in [3.8, 4) is 0 Å². The van der Waals surface area contributed by atoms with Gasteiger partial charge in [-0.2, -0.15) is 15.4 Å². The maximum absolute atomic E-state index is 11.1. The molecule has 0 aliphatic heterocycles. The minimum absolute atomic E-state index is 0.0109. The van der Waals surface area contributed by atoms with Crippen LogP contribution in [0.1, 0.15) is 17.3 Å². The molecule has 0 aliphatic rings. The molecule has 2 aromatic rings. The van der Waals surface area contributed by atoms with Crippen molar-refractivity contribution >= 4 is 32.7 Å². The van der Waals surface area contributed by atoms with Crippen molar-refractivity contribution in [2.75, 3.05) is 0 Å². The van der Waals surface area contributed by atoms with Gasteiger partial charge in [0.25, 0.3) is 0 Å². The fourth-order valence-corrected chi connectivity index (χ4v) is 1.74. The number of halogens is 1. The Kier molecular flexibility index (Phi) is 1.88. The van der Waals surface area contributed by atoms with Crippen molar-refractivity contribution in [2.45, 2.75) is 6.92 Å². The second-order valence-corrected chi connectivity index (χ2v) is 3.55. The predicted octanol–water partition coefficient (Wildman–Crippen LogP) is 1.92. The molecule has 2 rings (SSSR count). The van der Waals surface area contributed by atoms with Crippen molar-refractivity contribution < 1.29 is 4.79 Å². The number of hydrogen-bond donors (Lipinski definition) is 1. The fourth-order valence-electron chi connectivity index (χ4n) is 1.13. The molecule has 0 radical (unpaired) electrons. The summed E-state index contributed by atoms with van der Waals surface area (Å²) in [4.78, 5) is 11.1. The maximum atomic E-state index is 11.1. The van der Waals surface area contributed by atoms with Gasteiger partial charge in [0.2, 0.25) is 0 Å². The van der Waals surface area contributed by atoms with Crippen molar-refractivity contribution in [2.24, 2.45) is 0 Å². The molecule has 0 unspecified atom stereocenters. The SMILES string of the molecule is CC(=O)c1cc2n[nH]nc2cc1Br. The first-order chi connectivity index (χ1) is 6.18. The van der Waals surface area contributed by atoms with Crippen molar-refractivity contribution in [1.82, 2.24) is 15.4 Å². The van der Waals surface area contributed by atoms with Gasteiger partial charge in [-0.25, -0.2) is 0 Å². The number of carbonyl (C=O) groups excluding carboxylic acids is 1. The summed E-state index contributed by atoms with van der Waals surface area (Å²) in [6.45, 7) is 1.52. The lowest BCUT2D eigenvalue weighted by atomic mass is 10.1. The van der Waals surface area contributed by atoms with Gasteiger partial charge in [-0.1, -0.05) is 0 Å². The van der Waals surface area contributed by atoms with Crippen LogP contribution in [0.2, 0.25) is 0 Å². The third kappa shape index (κ3) is 1.35. The third-order valence-electron chi connectivity index (χ3n) is 1.78. The molecular formula is C8H6BrN3O. The number of ketones is 1. The highest BCUT2D eigenvalue weighted by Gasteiger charge is 2.08. The van der Waals surface area contributed by atoms with E-state index < -0.39 is 0 Å². The first-order valence-electron chi connectivity index (χ1n) is 3.69. The molecule has 1 N–H and O–H groups in total. The van der Waals surface area contributed by atoms with Gasteiger partial charge >= 0.3 is 0 Å². The van der Waals surface area contributed by atoms with E-state index in [4.69, 9.17) is 0 Å². The normalized spacial score (nSPS) is 10.6. The lowest BCUT2D eigenvalue weighted by molar-refractivity contribution is 0.101. The summed E-state index contributed by atoms with van der Waals surface area (Å²) in [5.41, 5.74) is 2.08. The Hall–Kier alpha value is -1.23. The standard InChI is InChI=1S/C8H6BrN3O/c1-4(13)5-2-7-8(3-6(5)9)11-12-10-7/h2-3H,1H3,(H,10,11,12). The number of rotatable bonds is 1. The van der Waals surface area contributed by atoms with Gasteiger partial charge in [0.15, 0.2) is 5.78 Å². The molecule has 5 heteroatoms. The number of carbonyl (C=O) groups is 1. The van der Waals surface area contributed by atoms with Crippen molar-refractivity contribution in [3.05, 3.63) is 22.2 Å². The van der Waals surface area contributed by atoms with Crippen molar-refractivity contribution in [3.63, 3.8) is 0 Å². The number of fused-ring (bicyclic) bond motifs is 1. The van der Waals surface area contributed by atoms with Crippen LogP contribution in [0.4, 0.5) is 0 Å². The van der Waals surface area contributed by atoms with Gasteiger partial charge in [0, 0.05) is 10.0 Å². The average molecular weight is 240 g/mol. The van der Waals surface area contributed by atoms with Crippen LogP contribution in [0.15, 0.2) is 16.6 Å². The topological polar surface area (TPSA) is 58.6 Å². The minimum Gasteiger partial charge on any atom is -0.294 e. The van der Waals surface area contributed by atoms with Crippen LogP contribution in [0.25, 0.3) is 11.0 Å². The van der Waals surface area contributed by atoms with E-state index in [1.807, 2.05) is 0 Å². The maximum Gasteiger partial charge on any atom is 0.161 e. The minimum atomic E-state index is 0.0109. The number of aromatic amines is 1. The highest BCUT2D eigenvalue weighted by atomic mass is 79.9. The molecule has 1 aromatic heterocycles. The molecule has 0 amide bonds. The molecule has 1 heterocycles. The summed E-state index contributed by atoms with van der Waals surface area (Å²) >= 11 is 3.30. The number of aromatic nitrogens is 3. The van der Waals surface area contributed by atoms with Gasteiger partial charge in [-0.3, -0.25) is 4.79 Å². The van der Waals surface area contributed by atoms with Crippen LogP contribution in [-0.2, 0) is 0 Å². The van der Waals surface area contributed by atoms with Gasteiger partial charge in [-0.05, 0) is 35.0 Å². The largest absolute Gasteiger partial charge is 0.294 e. The fraction of sp³-hybridized carbons (Fsp3) is 0.125.